The van der Waals surface area contributed by atoms with Crippen molar-refractivity contribution >= 4 is 11.6 Å². The van der Waals surface area contributed by atoms with Crippen LogP contribution >= 0.6 is 0 Å². The fourth-order valence-electron chi connectivity index (χ4n) is 1.59. The molecule has 0 aliphatic heterocycles. The molecule has 92 valence electrons. The van der Waals surface area contributed by atoms with E-state index >= 15 is 0 Å². The first-order valence-corrected chi connectivity index (χ1v) is 5.92. The quantitative estimate of drug-likeness (QED) is 0.786. The van der Waals surface area contributed by atoms with E-state index in [2.05, 4.69) is 10.6 Å². The highest BCUT2D eigenvalue weighted by Crippen LogP contribution is 2.27. The van der Waals surface area contributed by atoms with Gasteiger partial charge in [0.25, 0.3) is 0 Å². The van der Waals surface area contributed by atoms with Crippen LogP contribution in [0.25, 0.3) is 0 Å². The second-order valence-corrected chi connectivity index (χ2v) is 4.35. The minimum Gasteiger partial charge on any atom is -0.497 e. The second-order valence-electron chi connectivity index (χ2n) is 4.35. The normalized spacial score (nSPS) is 14.4. The molecule has 4 heteroatoms. The first kappa shape index (κ1) is 11.9. The lowest BCUT2D eigenvalue weighted by Crippen LogP contribution is -2.29. The van der Waals surface area contributed by atoms with E-state index < -0.39 is 0 Å². The van der Waals surface area contributed by atoms with E-state index in [9.17, 15) is 4.79 Å². The molecule has 1 aliphatic rings. The summed E-state index contributed by atoms with van der Waals surface area (Å²) < 4.78 is 5.05. The highest BCUT2D eigenvalue weighted by molar-refractivity contribution is 5.92. The zero-order valence-corrected chi connectivity index (χ0v) is 10.0. The molecule has 1 aromatic rings. The van der Waals surface area contributed by atoms with Crippen molar-refractivity contribution in [3.05, 3.63) is 24.3 Å². The standard InChI is InChI=1S/C13H18N2O2/c1-17-12-6-4-11(5-7-12)15-13(16)9-14-8-10-2-3-10/h4-7,10,14H,2-3,8-9H2,1H3,(H,15,16). The van der Waals surface area contributed by atoms with Gasteiger partial charge in [0, 0.05) is 5.69 Å². The summed E-state index contributed by atoms with van der Waals surface area (Å²) in [6, 6.07) is 7.32. The van der Waals surface area contributed by atoms with E-state index in [0.29, 0.717) is 6.54 Å². The van der Waals surface area contributed by atoms with E-state index in [1.165, 1.54) is 12.8 Å². The SMILES string of the molecule is COc1ccc(NC(=O)CNCC2CC2)cc1. The smallest absolute Gasteiger partial charge is 0.238 e. The monoisotopic (exact) mass is 234 g/mol. The van der Waals surface area contributed by atoms with Gasteiger partial charge in [0.05, 0.1) is 13.7 Å². The first-order chi connectivity index (χ1) is 8.28. The van der Waals surface area contributed by atoms with Crippen LogP contribution in [0.15, 0.2) is 24.3 Å². The molecule has 2 N–H and O–H groups in total. The van der Waals surface area contributed by atoms with Crippen molar-refractivity contribution in [1.29, 1.82) is 0 Å². The van der Waals surface area contributed by atoms with Gasteiger partial charge in [0.2, 0.25) is 5.91 Å². The number of anilines is 1. The van der Waals surface area contributed by atoms with Crippen LogP contribution in [0.5, 0.6) is 5.75 Å². The van der Waals surface area contributed by atoms with E-state index in [-0.39, 0.29) is 5.91 Å². The minimum atomic E-state index is -0.00387. The van der Waals surface area contributed by atoms with Crippen molar-refractivity contribution in [1.82, 2.24) is 5.32 Å². The molecule has 1 fully saturated rings. The van der Waals surface area contributed by atoms with E-state index in [1.54, 1.807) is 7.11 Å². The molecule has 0 atom stereocenters. The maximum absolute atomic E-state index is 11.6. The summed E-state index contributed by atoms with van der Waals surface area (Å²) in [5.74, 6) is 1.58. The Hall–Kier alpha value is -1.55. The molecule has 0 radical (unpaired) electrons. The Morgan fingerprint density at radius 2 is 2.06 bits per heavy atom. The van der Waals surface area contributed by atoms with Crippen molar-refractivity contribution in [2.24, 2.45) is 5.92 Å². The van der Waals surface area contributed by atoms with Crippen LogP contribution in [0.3, 0.4) is 0 Å². The lowest BCUT2D eigenvalue weighted by molar-refractivity contribution is -0.115. The molecular weight excluding hydrogens is 216 g/mol. The number of benzene rings is 1. The number of carbonyl (C=O) groups excluding carboxylic acids is 1. The number of amides is 1. The predicted octanol–water partition coefficient (Wildman–Crippen LogP) is 1.63. The Labute approximate surface area is 101 Å². The van der Waals surface area contributed by atoms with Crippen molar-refractivity contribution in [3.8, 4) is 5.75 Å². The number of ether oxygens (including phenoxy) is 1. The average molecular weight is 234 g/mol. The van der Waals surface area contributed by atoms with Gasteiger partial charge in [-0.15, -0.1) is 0 Å². The molecule has 1 aliphatic carbocycles. The van der Waals surface area contributed by atoms with Crippen LogP contribution in [-0.2, 0) is 4.79 Å². The number of rotatable bonds is 6. The van der Waals surface area contributed by atoms with Crippen LogP contribution in [0.2, 0.25) is 0 Å². The molecule has 0 spiro atoms. The van der Waals surface area contributed by atoms with E-state index in [1.807, 2.05) is 24.3 Å². The highest BCUT2D eigenvalue weighted by Gasteiger charge is 2.20. The van der Waals surface area contributed by atoms with Crippen molar-refractivity contribution in [3.63, 3.8) is 0 Å². The topological polar surface area (TPSA) is 50.4 Å². The third-order valence-electron chi connectivity index (χ3n) is 2.79. The Bertz CT molecular complexity index is 372. The zero-order valence-electron chi connectivity index (χ0n) is 10.0. The lowest BCUT2D eigenvalue weighted by Gasteiger charge is -2.07. The molecule has 0 unspecified atom stereocenters. The fourth-order valence-corrected chi connectivity index (χ4v) is 1.59. The van der Waals surface area contributed by atoms with Gasteiger partial charge in [-0.05, 0) is 49.6 Å². The Morgan fingerprint density at radius 1 is 1.35 bits per heavy atom. The van der Waals surface area contributed by atoms with Gasteiger partial charge in [0.1, 0.15) is 5.75 Å². The molecular formula is C13H18N2O2. The molecule has 1 aromatic carbocycles. The van der Waals surface area contributed by atoms with E-state index in [0.717, 1.165) is 23.9 Å². The summed E-state index contributed by atoms with van der Waals surface area (Å²) >= 11 is 0. The summed E-state index contributed by atoms with van der Waals surface area (Å²) in [4.78, 5) is 11.6. The Morgan fingerprint density at radius 3 is 2.65 bits per heavy atom. The van der Waals surface area contributed by atoms with Gasteiger partial charge in [-0.1, -0.05) is 0 Å². The minimum absolute atomic E-state index is 0.00387. The summed E-state index contributed by atoms with van der Waals surface area (Å²) in [6.45, 7) is 1.33. The molecule has 1 saturated carbocycles. The molecule has 0 aromatic heterocycles. The third-order valence-corrected chi connectivity index (χ3v) is 2.79. The maximum atomic E-state index is 11.6. The Balaban J connectivity index is 1.72. The van der Waals surface area contributed by atoms with Gasteiger partial charge >= 0.3 is 0 Å². The molecule has 17 heavy (non-hydrogen) atoms. The van der Waals surface area contributed by atoms with Crippen LogP contribution in [0.4, 0.5) is 5.69 Å². The second kappa shape index (κ2) is 5.68. The summed E-state index contributed by atoms with van der Waals surface area (Å²) in [7, 11) is 1.62. The summed E-state index contributed by atoms with van der Waals surface area (Å²) in [5.41, 5.74) is 0.795. The fraction of sp³-hybridized carbons (Fsp3) is 0.462. The van der Waals surface area contributed by atoms with E-state index in [4.69, 9.17) is 4.74 Å². The van der Waals surface area contributed by atoms with Gasteiger partial charge in [0.15, 0.2) is 0 Å². The molecule has 1 amide bonds. The zero-order chi connectivity index (χ0) is 12.1. The summed E-state index contributed by atoms with van der Waals surface area (Å²) in [6.07, 6.45) is 2.60. The molecule has 0 heterocycles. The number of nitrogens with one attached hydrogen (secondary N) is 2. The van der Waals surface area contributed by atoms with Crippen molar-refractivity contribution < 1.29 is 9.53 Å². The molecule has 4 nitrogen and oxygen atoms in total. The predicted molar refractivity (Wildman–Crippen MR) is 67.2 cm³/mol. The third kappa shape index (κ3) is 4.07. The molecule has 0 bridgehead atoms. The van der Waals surface area contributed by atoms with Gasteiger partial charge < -0.3 is 15.4 Å². The lowest BCUT2D eigenvalue weighted by atomic mass is 10.3. The highest BCUT2D eigenvalue weighted by atomic mass is 16.5. The molecule has 0 saturated heterocycles. The van der Waals surface area contributed by atoms with Gasteiger partial charge in [-0.3, -0.25) is 4.79 Å². The maximum Gasteiger partial charge on any atom is 0.238 e. The summed E-state index contributed by atoms with van der Waals surface area (Å²) in [5, 5.41) is 5.98. The molecule has 2 rings (SSSR count). The van der Waals surface area contributed by atoms with Crippen molar-refractivity contribution in [2.45, 2.75) is 12.8 Å². The van der Waals surface area contributed by atoms with Gasteiger partial charge in [-0.25, -0.2) is 0 Å². The average Bonchev–Trinajstić information content (AvgIpc) is 3.14. The van der Waals surface area contributed by atoms with Crippen molar-refractivity contribution in [2.75, 3.05) is 25.5 Å². The van der Waals surface area contributed by atoms with Crippen LogP contribution in [-0.4, -0.2) is 26.1 Å². The number of hydrogen-bond donors (Lipinski definition) is 2. The van der Waals surface area contributed by atoms with Crippen LogP contribution in [0.1, 0.15) is 12.8 Å². The van der Waals surface area contributed by atoms with Crippen LogP contribution < -0.4 is 15.4 Å². The largest absolute Gasteiger partial charge is 0.497 e. The first-order valence-electron chi connectivity index (χ1n) is 5.92. The number of carbonyl (C=O) groups is 1. The Kier molecular flexibility index (Phi) is 3.98. The van der Waals surface area contributed by atoms with Gasteiger partial charge in [-0.2, -0.15) is 0 Å². The van der Waals surface area contributed by atoms with Crippen LogP contribution in [0, 0.1) is 5.92 Å². The number of methoxy groups -OCH3 is 1. The number of hydrogen-bond acceptors (Lipinski definition) is 3.